The molecule has 1 aliphatic heterocycles. The van der Waals surface area contributed by atoms with Gasteiger partial charge in [0.05, 0.1) is 12.7 Å². The Kier molecular flexibility index (Phi) is 6.11. The second-order valence-electron chi connectivity index (χ2n) is 4.77. The monoisotopic (exact) mass is 382 g/mol. The van der Waals surface area contributed by atoms with Gasteiger partial charge >= 0.3 is 0 Å². The van der Waals surface area contributed by atoms with Gasteiger partial charge in [-0.1, -0.05) is 5.21 Å². The van der Waals surface area contributed by atoms with Gasteiger partial charge in [0.25, 0.3) is 10.0 Å². The summed E-state index contributed by atoms with van der Waals surface area (Å²) < 4.78 is 39.0. The molecular weight excluding hydrogens is 364 g/mol. The van der Waals surface area contributed by atoms with Crippen LogP contribution in [0.4, 0.5) is 0 Å². The van der Waals surface area contributed by atoms with Gasteiger partial charge in [-0.2, -0.15) is 0 Å². The molecule has 1 aromatic heterocycles. The minimum absolute atomic E-state index is 0.0165. The maximum absolute atomic E-state index is 12.1. The summed E-state index contributed by atoms with van der Waals surface area (Å²) in [6, 6.07) is 0. The molecule has 10 heteroatoms. The lowest BCUT2D eigenvalue weighted by atomic mass is 10.2. The van der Waals surface area contributed by atoms with E-state index in [4.69, 9.17) is 9.47 Å². The molecule has 0 radical (unpaired) electrons. The Hall–Kier alpha value is -0.550. The van der Waals surface area contributed by atoms with E-state index in [-0.39, 0.29) is 15.7 Å². The van der Waals surface area contributed by atoms with Crippen molar-refractivity contribution in [1.29, 1.82) is 0 Å². The predicted molar refractivity (Wildman–Crippen MR) is 78.3 cm³/mol. The standard InChI is InChI=1S/C11H19BrN4O4S/c1-16-11(10(12)14-15-16)21(17,18)13-5-3-6-19-8-9-4-2-7-20-9/h9,13H,2-8H2,1H3. The lowest BCUT2D eigenvalue weighted by molar-refractivity contribution is 0.0169. The Labute approximate surface area is 132 Å². The molecule has 1 atom stereocenters. The number of ether oxygens (including phenoxy) is 2. The number of nitrogens with zero attached hydrogens (tertiary/aromatic N) is 3. The van der Waals surface area contributed by atoms with Crippen LogP contribution in [0.2, 0.25) is 0 Å². The predicted octanol–water partition coefficient (Wildman–Crippen LogP) is 0.442. The third kappa shape index (κ3) is 4.71. The van der Waals surface area contributed by atoms with Gasteiger partial charge in [-0.25, -0.2) is 17.8 Å². The van der Waals surface area contributed by atoms with E-state index in [1.165, 1.54) is 11.7 Å². The molecule has 2 rings (SSSR count). The number of hydrogen-bond donors (Lipinski definition) is 1. The van der Waals surface area contributed by atoms with Gasteiger partial charge in [0, 0.05) is 26.8 Å². The molecule has 1 saturated heterocycles. The Morgan fingerprint density at radius 1 is 1.57 bits per heavy atom. The summed E-state index contributed by atoms with van der Waals surface area (Å²) in [5, 5.41) is 7.32. The van der Waals surface area contributed by atoms with Gasteiger partial charge in [0.15, 0.2) is 4.60 Å². The molecule has 0 aliphatic carbocycles. The SMILES string of the molecule is Cn1nnc(Br)c1S(=O)(=O)NCCCOCC1CCCO1. The maximum Gasteiger partial charge on any atom is 0.260 e. The van der Waals surface area contributed by atoms with Crippen molar-refractivity contribution in [2.75, 3.05) is 26.4 Å². The van der Waals surface area contributed by atoms with Crippen LogP contribution in [-0.4, -0.2) is 55.9 Å². The molecule has 2 heterocycles. The number of halogens is 1. The third-order valence-corrected chi connectivity index (χ3v) is 5.42. The van der Waals surface area contributed by atoms with Crippen molar-refractivity contribution in [3.63, 3.8) is 0 Å². The summed E-state index contributed by atoms with van der Waals surface area (Å²) in [4.78, 5) is 0. The number of nitrogens with one attached hydrogen (secondary N) is 1. The molecule has 0 amide bonds. The number of hydrogen-bond acceptors (Lipinski definition) is 6. The number of rotatable bonds is 8. The zero-order chi connectivity index (χ0) is 15.3. The minimum atomic E-state index is -3.62. The highest BCUT2D eigenvalue weighted by atomic mass is 79.9. The zero-order valence-electron chi connectivity index (χ0n) is 11.8. The quantitative estimate of drug-likeness (QED) is 0.655. The number of aryl methyl sites for hydroxylation is 1. The minimum Gasteiger partial charge on any atom is -0.379 e. The first-order valence-corrected chi connectivity index (χ1v) is 9.02. The van der Waals surface area contributed by atoms with Crippen LogP contribution in [0.25, 0.3) is 0 Å². The molecule has 1 N–H and O–H groups in total. The maximum atomic E-state index is 12.1. The first-order chi connectivity index (χ1) is 10.0. The van der Waals surface area contributed by atoms with Crippen LogP contribution < -0.4 is 4.72 Å². The van der Waals surface area contributed by atoms with E-state index in [0.29, 0.717) is 26.2 Å². The molecule has 1 aromatic rings. The van der Waals surface area contributed by atoms with E-state index in [1.54, 1.807) is 0 Å². The largest absolute Gasteiger partial charge is 0.379 e. The first-order valence-electron chi connectivity index (χ1n) is 6.75. The number of aromatic nitrogens is 3. The fourth-order valence-electron chi connectivity index (χ4n) is 2.05. The van der Waals surface area contributed by atoms with Crippen LogP contribution in [0, 0.1) is 0 Å². The average Bonchev–Trinajstić information content (AvgIpc) is 3.04. The first kappa shape index (κ1) is 16.8. The van der Waals surface area contributed by atoms with Gasteiger partial charge in [0.1, 0.15) is 0 Å². The van der Waals surface area contributed by atoms with Gasteiger partial charge < -0.3 is 9.47 Å². The van der Waals surface area contributed by atoms with Crippen LogP contribution in [0.3, 0.4) is 0 Å². The molecular formula is C11H19BrN4O4S. The van der Waals surface area contributed by atoms with E-state index < -0.39 is 10.0 Å². The smallest absolute Gasteiger partial charge is 0.260 e. The van der Waals surface area contributed by atoms with Crippen LogP contribution in [0.5, 0.6) is 0 Å². The molecule has 1 unspecified atom stereocenters. The van der Waals surface area contributed by atoms with E-state index in [0.717, 1.165) is 19.4 Å². The summed E-state index contributed by atoms with van der Waals surface area (Å²) in [6.07, 6.45) is 2.91. The lowest BCUT2D eigenvalue weighted by Gasteiger charge is -2.10. The molecule has 120 valence electrons. The molecule has 1 aliphatic rings. The summed E-state index contributed by atoms with van der Waals surface area (Å²) in [6.45, 7) is 2.17. The fraction of sp³-hybridized carbons (Fsp3) is 0.818. The van der Waals surface area contributed by atoms with Crippen molar-refractivity contribution >= 4 is 26.0 Å². The fourth-order valence-corrected chi connectivity index (χ4v) is 4.21. The number of sulfonamides is 1. The highest BCUT2D eigenvalue weighted by Crippen LogP contribution is 2.17. The lowest BCUT2D eigenvalue weighted by Crippen LogP contribution is -2.28. The Balaban J connectivity index is 1.68. The Morgan fingerprint density at radius 3 is 3.00 bits per heavy atom. The normalized spacial score (nSPS) is 19.2. The van der Waals surface area contributed by atoms with Crippen molar-refractivity contribution in [3.05, 3.63) is 4.60 Å². The van der Waals surface area contributed by atoms with Crippen molar-refractivity contribution < 1.29 is 17.9 Å². The van der Waals surface area contributed by atoms with Gasteiger partial charge in [-0.05, 0) is 35.2 Å². The summed E-state index contributed by atoms with van der Waals surface area (Å²) in [5.41, 5.74) is 0. The van der Waals surface area contributed by atoms with E-state index in [2.05, 4.69) is 31.0 Å². The highest BCUT2D eigenvalue weighted by molar-refractivity contribution is 9.10. The molecule has 0 spiro atoms. The molecule has 8 nitrogen and oxygen atoms in total. The molecule has 21 heavy (non-hydrogen) atoms. The van der Waals surface area contributed by atoms with Crippen molar-refractivity contribution in [1.82, 2.24) is 19.7 Å². The topological polar surface area (TPSA) is 95.3 Å². The van der Waals surface area contributed by atoms with Gasteiger partial charge in [0.2, 0.25) is 5.03 Å². The van der Waals surface area contributed by atoms with E-state index in [1.807, 2.05) is 0 Å². The molecule has 0 saturated carbocycles. The van der Waals surface area contributed by atoms with Gasteiger partial charge in [-0.3, -0.25) is 0 Å². The Morgan fingerprint density at radius 2 is 2.38 bits per heavy atom. The average molecular weight is 383 g/mol. The van der Waals surface area contributed by atoms with Crippen molar-refractivity contribution in [3.8, 4) is 0 Å². The third-order valence-electron chi connectivity index (χ3n) is 3.08. The van der Waals surface area contributed by atoms with E-state index in [9.17, 15) is 8.42 Å². The van der Waals surface area contributed by atoms with Crippen LogP contribution in [-0.2, 0) is 26.5 Å². The summed E-state index contributed by atoms with van der Waals surface area (Å²) in [7, 11) is -2.10. The van der Waals surface area contributed by atoms with Crippen molar-refractivity contribution in [2.24, 2.45) is 7.05 Å². The molecule has 0 bridgehead atoms. The molecule has 0 aromatic carbocycles. The van der Waals surface area contributed by atoms with E-state index >= 15 is 0 Å². The van der Waals surface area contributed by atoms with Crippen LogP contribution in [0.1, 0.15) is 19.3 Å². The molecule has 1 fully saturated rings. The van der Waals surface area contributed by atoms with Crippen molar-refractivity contribution in [2.45, 2.75) is 30.4 Å². The van der Waals surface area contributed by atoms with Crippen LogP contribution >= 0.6 is 15.9 Å². The highest BCUT2D eigenvalue weighted by Gasteiger charge is 2.23. The zero-order valence-corrected chi connectivity index (χ0v) is 14.2. The van der Waals surface area contributed by atoms with Crippen LogP contribution in [0.15, 0.2) is 9.63 Å². The summed E-state index contributed by atoms with van der Waals surface area (Å²) >= 11 is 3.07. The second-order valence-corrected chi connectivity index (χ2v) is 7.20. The second kappa shape index (κ2) is 7.63. The van der Waals surface area contributed by atoms with Gasteiger partial charge in [-0.15, -0.1) is 5.10 Å². The Bertz CT molecular complexity index is 537. The summed E-state index contributed by atoms with van der Waals surface area (Å²) in [5.74, 6) is 0.